The number of hydrogen-bond donors (Lipinski definition) is 0. The van der Waals surface area contributed by atoms with Crippen LogP contribution in [-0.4, -0.2) is 10.4 Å². The molecule has 0 atom stereocenters. The number of rotatable bonds is 33. The maximum absolute atomic E-state index is 9.83. The zero-order valence-electron chi connectivity index (χ0n) is 37.0. The van der Waals surface area contributed by atoms with Gasteiger partial charge in [-0.25, -0.2) is 4.68 Å². The first-order valence-corrected chi connectivity index (χ1v) is 24.1. The normalized spacial score (nSPS) is 13.8. The summed E-state index contributed by atoms with van der Waals surface area (Å²) in [5.41, 5.74) is 11.8. The van der Waals surface area contributed by atoms with Gasteiger partial charge in [-0.05, 0) is 104 Å². The SMILES string of the molecule is CCCCC=C1C=C(c2cc(CCCCCCCC)cc(CCCCCCCC)c2)[N+]([NH-])=C1c1cc(CCCCCCCC)cc(CCCCCCCC)c1. The van der Waals surface area contributed by atoms with Gasteiger partial charge in [-0.2, -0.15) is 0 Å². The number of hydrogen-bond acceptors (Lipinski definition) is 0. The average molecular weight is 751 g/mol. The molecule has 1 aliphatic heterocycles. The molecule has 0 aliphatic carbocycles. The lowest BCUT2D eigenvalue weighted by atomic mass is 9.93. The summed E-state index contributed by atoms with van der Waals surface area (Å²) in [7, 11) is 0. The molecule has 0 saturated heterocycles. The van der Waals surface area contributed by atoms with Crippen LogP contribution in [0.2, 0.25) is 0 Å². The molecule has 55 heavy (non-hydrogen) atoms. The largest absolute Gasteiger partial charge is 0.448 e. The summed E-state index contributed by atoms with van der Waals surface area (Å²) in [5, 5.41) is 0. The molecule has 1 N–H and O–H groups in total. The summed E-state index contributed by atoms with van der Waals surface area (Å²) >= 11 is 0. The van der Waals surface area contributed by atoms with Crippen LogP contribution >= 0.6 is 0 Å². The van der Waals surface area contributed by atoms with Gasteiger partial charge in [0.2, 0.25) is 11.4 Å². The van der Waals surface area contributed by atoms with Crippen LogP contribution in [0.3, 0.4) is 0 Å². The molecule has 2 aromatic carbocycles. The van der Waals surface area contributed by atoms with Crippen LogP contribution in [0.4, 0.5) is 0 Å². The highest BCUT2D eigenvalue weighted by atomic mass is 15.3. The number of allylic oxidation sites excluding steroid dienone is 3. The molecule has 2 heteroatoms. The second-order valence-electron chi connectivity index (χ2n) is 17.2. The number of nitrogens with one attached hydrogen (secondary N) is 1. The molecule has 0 saturated carbocycles. The first-order chi connectivity index (χ1) is 27.0. The van der Waals surface area contributed by atoms with E-state index in [9.17, 15) is 5.84 Å². The fraction of sp³-hybridized carbons (Fsp3) is 0.679. The predicted octanol–water partition coefficient (Wildman–Crippen LogP) is 17.2. The lowest BCUT2D eigenvalue weighted by molar-refractivity contribution is -0.347. The van der Waals surface area contributed by atoms with Crippen LogP contribution in [-0.2, 0) is 25.7 Å². The summed E-state index contributed by atoms with van der Waals surface area (Å²) in [4.78, 5) is 0. The van der Waals surface area contributed by atoms with Gasteiger partial charge in [-0.15, -0.1) is 0 Å². The van der Waals surface area contributed by atoms with Crippen molar-refractivity contribution in [3.8, 4) is 0 Å². The number of benzene rings is 2. The summed E-state index contributed by atoms with van der Waals surface area (Å²) in [6.45, 7) is 11.5. The van der Waals surface area contributed by atoms with Crippen LogP contribution in [0.25, 0.3) is 11.5 Å². The van der Waals surface area contributed by atoms with E-state index >= 15 is 0 Å². The van der Waals surface area contributed by atoms with Crippen LogP contribution < -0.4 is 0 Å². The second kappa shape index (κ2) is 29.6. The standard InChI is InChI=1S/C53H86N2/c1-6-11-16-20-24-29-33-45-38-46(34-30-25-21-17-12-7-2)41-50(40-45)52-44-49(37-28-15-10-5)53(55(52)54)51-42-47(35-31-26-22-18-13-8-3)39-48(43-51)36-32-27-23-19-14-9-4/h37-44,54H,6-36H2,1-5H3. The molecule has 0 aromatic heterocycles. The van der Waals surface area contributed by atoms with Gasteiger partial charge in [-0.3, -0.25) is 0 Å². The fourth-order valence-corrected chi connectivity index (χ4v) is 8.48. The first kappa shape index (κ1) is 46.8. The van der Waals surface area contributed by atoms with Gasteiger partial charge in [0.25, 0.3) is 0 Å². The van der Waals surface area contributed by atoms with E-state index in [-0.39, 0.29) is 0 Å². The van der Waals surface area contributed by atoms with Crippen molar-refractivity contribution in [3.05, 3.63) is 93.3 Å². The third kappa shape index (κ3) is 18.5. The highest BCUT2D eigenvalue weighted by Gasteiger charge is 2.29. The number of nitrogens with zero attached hydrogens (tertiary/aromatic N) is 1. The molecule has 0 unspecified atom stereocenters. The molecule has 0 spiro atoms. The Morgan fingerprint density at radius 1 is 0.400 bits per heavy atom. The molecule has 2 aromatic rings. The maximum Gasteiger partial charge on any atom is 0.215 e. The minimum Gasteiger partial charge on any atom is -0.448 e. The van der Waals surface area contributed by atoms with Gasteiger partial charge in [0.1, 0.15) is 0 Å². The van der Waals surface area contributed by atoms with E-state index in [2.05, 4.69) is 83.2 Å². The van der Waals surface area contributed by atoms with Gasteiger partial charge < -0.3 is 5.84 Å². The molecule has 2 nitrogen and oxygen atoms in total. The van der Waals surface area contributed by atoms with E-state index in [0.717, 1.165) is 43.5 Å². The van der Waals surface area contributed by atoms with Crippen LogP contribution in [0.5, 0.6) is 0 Å². The quantitative estimate of drug-likeness (QED) is 0.0513. The Balaban J connectivity index is 1.97. The summed E-state index contributed by atoms with van der Waals surface area (Å²) in [6, 6.07) is 14.8. The van der Waals surface area contributed by atoms with E-state index in [0.29, 0.717) is 0 Å². The average Bonchev–Trinajstić information content (AvgIpc) is 3.52. The van der Waals surface area contributed by atoms with E-state index in [1.54, 1.807) is 0 Å². The lowest BCUT2D eigenvalue weighted by Gasteiger charge is -2.14. The van der Waals surface area contributed by atoms with Crippen molar-refractivity contribution in [2.45, 2.75) is 234 Å². The minimum absolute atomic E-state index is 1.06. The Bertz CT molecular complexity index is 1340. The van der Waals surface area contributed by atoms with E-state index in [1.807, 2.05) is 4.68 Å². The topological polar surface area (TPSA) is 26.8 Å². The Morgan fingerprint density at radius 3 is 1.09 bits per heavy atom. The smallest absolute Gasteiger partial charge is 0.215 e. The molecule has 0 radical (unpaired) electrons. The van der Waals surface area contributed by atoms with Crippen molar-refractivity contribution < 1.29 is 4.68 Å². The Labute approximate surface area is 341 Å². The summed E-state index contributed by atoms with van der Waals surface area (Å²) in [5.74, 6) is 9.83. The first-order valence-electron chi connectivity index (χ1n) is 24.1. The molecular formula is C53H86N2. The van der Waals surface area contributed by atoms with Gasteiger partial charge in [0.15, 0.2) is 0 Å². The predicted molar refractivity (Wildman–Crippen MR) is 245 cm³/mol. The second-order valence-corrected chi connectivity index (χ2v) is 17.2. The summed E-state index contributed by atoms with van der Waals surface area (Å²) < 4.78 is 1.83. The minimum atomic E-state index is 1.06. The fourth-order valence-electron chi connectivity index (χ4n) is 8.48. The van der Waals surface area contributed by atoms with Gasteiger partial charge >= 0.3 is 0 Å². The van der Waals surface area contributed by atoms with E-state index < -0.39 is 0 Å². The Morgan fingerprint density at radius 2 is 0.727 bits per heavy atom. The lowest BCUT2D eigenvalue weighted by Crippen LogP contribution is -2.13. The molecule has 0 bridgehead atoms. The van der Waals surface area contributed by atoms with Crippen molar-refractivity contribution in [2.75, 3.05) is 0 Å². The van der Waals surface area contributed by atoms with Gasteiger partial charge in [-0.1, -0.05) is 194 Å². The van der Waals surface area contributed by atoms with Crippen molar-refractivity contribution in [2.24, 2.45) is 0 Å². The van der Waals surface area contributed by atoms with Crippen molar-refractivity contribution in [1.29, 1.82) is 0 Å². The van der Waals surface area contributed by atoms with Crippen molar-refractivity contribution in [1.82, 2.24) is 0 Å². The zero-order valence-corrected chi connectivity index (χ0v) is 37.0. The molecule has 0 fully saturated rings. The Hall–Kier alpha value is -2.61. The van der Waals surface area contributed by atoms with Gasteiger partial charge in [0, 0.05) is 22.8 Å². The summed E-state index contributed by atoms with van der Waals surface area (Å²) in [6.07, 6.45) is 44.7. The zero-order chi connectivity index (χ0) is 39.4. The van der Waals surface area contributed by atoms with Crippen molar-refractivity contribution >= 4 is 11.4 Å². The third-order valence-electron chi connectivity index (χ3n) is 11.9. The molecule has 3 rings (SSSR count). The number of aryl methyl sites for hydroxylation is 4. The van der Waals surface area contributed by atoms with Crippen LogP contribution in [0.1, 0.15) is 241 Å². The van der Waals surface area contributed by atoms with Crippen molar-refractivity contribution in [3.63, 3.8) is 0 Å². The van der Waals surface area contributed by atoms with E-state index in [1.165, 1.54) is 206 Å². The molecule has 308 valence electrons. The molecular weight excluding hydrogens is 665 g/mol. The van der Waals surface area contributed by atoms with E-state index in [4.69, 9.17) is 0 Å². The number of unbranched alkanes of at least 4 members (excludes halogenated alkanes) is 22. The third-order valence-corrected chi connectivity index (χ3v) is 11.9. The molecule has 1 heterocycles. The highest BCUT2D eigenvalue weighted by molar-refractivity contribution is 6.15. The van der Waals surface area contributed by atoms with Gasteiger partial charge in [0.05, 0.1) is 0 Å². The molecule has 1 aliphatic rings. The molecule has 0 amide bonds. The van der Waals surface area contributed by atoms with Crippen LogP contribution in [0, 0.1) is 0 Å². The highest BCUT2D eigenvalue weighted by Crippen LogP contribution is 2.32. The maximum atomic E-state index is 9.83. The monoisotopic (exact) mass is 751 g/mol. The Kier molecular flexibility index (Phi) is 25.2. The van der Waals surface area contributed by atoms with Crippen LogP contribution in [0.15, 0.2) is 54.1 Å².